The molecule has 6 nitrogen and oxygen atoms in total. The van der Waals surface area contributed by atoms with E-state index in [9.17, 15) is 5.11 Å². The van der Waals surface area contributed by atoms with Crippen molar-refractivity contribution in [3.63, 3.8) is 0 Å². The van der Waals surface area contributed by atoms with Crippen molar-refractivity contribution in [3.05, 3.63) is 35.9 Å². The fourth-order valence-electron chi connectivity index (χ4n) is 3.42. The summed E-state index contributed by atoms with van der Waals surface area (Å²) < 4.78 is 28.4. The average molecular weight is 381 g/mol. The van der Waals surface area contributed by atoms with Gasteiger partial charge in [0.2, 0.25) is 6.10 Å². The first-order valence-corrected chi connectivity index (χ1v) is 9.58. The van der Waals surface area contributed by atoms with Crippen molar-refractivity contribution in [1.82, 2.24) is 0 Å². The first-order valence-electron chi connectivity index (χ1n) is 9.58. The third-order valence-electron chi connectivity index (χ3n) is 4.69. The van der Waals surface area contributed by atoms with Gasteiger partial charge < -0.3 is 24.1 Å². The maximum absolute atomic E-state index is 11.0. The van der Waals surface area contributed by atoms with Gasteiger partial charge in [-0.15, -0.1) is 0 Å². The van der Waals surface area contributed by atoms with Crippen LogP contribution in [0.3, 0.4) is 0 Å². The Labute approximate surface area is 161 Å². The van der Waals surface area contributed by atoms with Gasteiger partial charge >= 0.3 is 5.79 Å². The Morgan fingerprint density at radius 2 is 1.93 bits per heavy atom. The Hall–Kier alpha value is -1.02. The fourth-order valence-corrected chi connectivity index (χ4v) is 3.42. The topological polar surface area (TPSA) is 70.0 Å². The van der Waals surface area contributed by atoms with Gasteiger partial charge in [-0.2, -0.15) is 0 Å². The normalized spacial score (nSPS) is 33.0. The van der Waals surface area contributed by atoms with Crippen LogP contribution in [0.25, 0.3) is 0 Å². The Balaban J connectivity index is 1.66. The number of benzene rings is 1. The average Bonchev–Trinajstić information content (AvgIpc) is 3.03. The molecule has 0 saturated carbocycles. The Kier molecular flexibility index (Phi) is 5.96. The van der Waals surface area contributed by atoms with Crippen molar-refractivity contribution in [2.45, 2.75) is 71.1 Å². The zero-order valence-electron chi connectivity index (χ0n) is 17.0. The van der Waals surface area contributed by atoms with Crippen LogP contribution in [0.4, 0.5) is 0 Å². The van der Waals surface area contributed by atoms with Gasteiger partial charge in [0.25, 0.3) is 0 Å². The van der Waals surface area contributed by atoms with Gasteiger partial charge in [-0.3, -0.25) is 4.74 Å². The molecule has 0 aliphatic carbocycles. The molecule has 1 aromatic rings. The van der Waals surface area contributed by atoms with Crippen molar-refractivity contribution in [3.8, 4) is 0 Å². The van der Waals surface area contributed by atoms with E-state index in [-0.39, 0.29) is 18.1 Å². The second-order valence-electron chi connectivity index (χ2n) is 9.11. The first-order chi connectivity index (χ1) is 12.6. The number of rotatable bonds is 6. The molecule has 0 bridgehead atoms. The Morgan fingerprint density at radius 3 is 2.52 bits per heavy atom. The molecule has 4 atom stereocenters. The molecule has 0 aromatic heterocycles. The summed E-state index contributed by atoms with van der Waals surface area (Å²) in [5.74, 6) is -1.87. The minimum absolute atomic E-state index is 0.0166. The van der Waals surface area contributed by atoms with Crippen LogP contribution in [0, 0.1) is 5.41 Å². The molecule has 152 valence electrons. The molecule has 1 spiro atoms. The van der Waals surface area contributed by atoms with Gasteiger partial charge in [0, 0.05) is 0 Å². The highest BCUT2D eigenvalue weighted by Gasteiger charge is 2.67. The summed E-state index contributed by atoms with van der Waals surface area (Å²) in [6.45, 7) is 11.5. The molecule has 27 heavy (non-hydrogen) atoms. The Morgan fingerprint density at radius 1 is 1.22 bits per heavy atom. The number of aliphatic hydroxyl groups is 3. The minimum atomic E-state index is -1.09. The molecule has 2 heterocycles. The number of ether oxygens (including phenoxy) is 5. The fraction of sp³-hybridized carbons (Fsp3) is 0.714. The van der Waals surface area contributed by atoms with Crippen LogP contribution in [-0.4, -0.2) is 59.6 Å². The zero-order valence-corrected chi connectivity index (χ0v) is 17.0. The zero-order chi connectivity index (χ0) is 19.7. The molecule has 2 fully saturated rings. The van der Waals surface area contributed by atoms with Crippen LogP contribution in [0.5, 0.6) is 0 Å². The van der Waals surface area contributed by atoms with E-state index in [1.807, 2.05) is 44.2 Å². The third kappa shape index (κ3) is 5.08. The maximum Gasteiger partial charge on any atom is 0.331 e. The molecule has 6 heteroatoms. The van der Waals surface area contributed by atoms with E-state index in [4.69, 9.17) is 23.7 Å². The van der Waals surface area contributed by atoms with Crippen LogP contribution in [-0.2, 0) is 25.6 Å². The van der Waals surface area contributed by atoms with Crippen LogP contribution in [0.15, 0.2) is 30.3 Å². The van der Waals surface area contributed by atoms with Crippen molar-refractivity contribution in [2.24, 2.45) is 5.41 Å². The number of hydrogen-bond donors (Lipinski definition) is 1. The predicted octanol–water partition coefficient (Wildman–Crippen LogP) is 2.38. The largest absolute Gasteiger partial charge is 0.398 e. The lowest BCUT2D eigenvalue weighted by Gasteiger charge is -2.25. The standard InChI is InChI=1S/C21H32O6/c1-19(2,3)13-24-17-16(12-23-11-15-9-7-6-8-10-15)26-21(18(17)22)14-25-20(4,5)27-21/h6-10,16-18,22H,11-14H2,1-5H3/p+1/t16-,17?,18?,21?/m1/s1. The van der Waals surface area contributed by atoms with E-state index in [1.54, 1.807) is 0 Å². The lowest BCUT2D eigenvalue weighted by Crippen LogP contribution is -2.48. The van der Waals surface area contributed by atoms with E-state index >= 15 is 0 Å². The van der Waals surface area contributed by atoms with Crippen LogP contribution >= 0.6 is 0 Å². The summed E-state index contributed by atoms with van der Waals surface area (Å²) >= 11 is 0. The molecular formula is C21H33O6+. The summed E-state index contributed by atoms with van der Waals surface area (Å²) in [6.07, 6.45) is -1.70. The van der Waals surface area contributed by atoms with Crippen LogP contribution in [0.2, 0.25) is 0 Å². The van der Waals surface area contributed by atoms with Crippen molar-refractivity contribution >= 4 is 0 Å². The summed E-state index contributed by atoms with van der Waals surface area (Å²) in [5.41, 5.74) is 1.08. The van der Waals surface area contributed by atoms with Gasteiger partial charge in [-0.25, -0.2) is 0 Å². The second-order valence-corrected chi connectivity index (χ2v) is 9.11. The molecule has 2 saturated heterocycles. The van der Waals surface area contributed by atoms with Gasteiger partial charge in [0.15, 0.2) is 24.6 Å². The molecule has 0 radical (unpaired) electrons. The summed E-state index contributed by atoms with van der Waals surface area (Å²) in [5, 5.41) is 11.0. The molecule has 0 amide bonds. The van der Waals surface area contributed by atoms with Crippen molar-refractivity contribution < 1.29 is 28.8 Å². The van der Waals surface area contributed by atoms with Gasteiger partial charge in [-0.1, -0.05) is 51.1 Å². The molecule has 2 aliphatic rings. The summed E-state index contributed by atoms with van der Waals surface area (Å²) in [7, 11) is 0. The van der Waals surface area contributed by atoms with Crippen molar-refractivity contribution in [2.75, 3.05) is 19.8 Å². The van der Waals surface area contributed by atoms with Gasteiger partial charge in [0.05, 0.1) is 13.2 Å². The highest BCUT2D eigenvalue weighted by atomic mass is 16.9. The van der Waals surface area contributed by atoms with E-state index in [0.29, 0.717) is 19.8 Å². The molecule has 2 N–H and O–H groups in total. The maximum atomic E-state index is 11.0. The minimum Gasteiger partial charge on any atom is -0.398 e. The van der Waals surface area contributed by atoms with E-state index < -0.39 is 23.8 Å². The van der Waals surface area contributed by atoms with Crippen LogP contribution < -0.4 is 0 Å². The SMILES string of the molecule is CC(C)(C)COC1C(O)C2(COC(C)(C)O2)[OH+][C@@H]1COCc1ccccc1. The predicted molar refractivity (Wildman–Crippen MR) is 101 cm³/mol. The number of aliphatic hydroxyl groups excluding tert-OH is 1. The van der Waals surface area contributed by atoms with Gasteiger partial charge in [-0.05, 0) is 24.8 Å². The first kappa shape index (κ1) is 20.7. The third-order valence-corrected chi connectivity index (χ3v) is 4.69. The highest BCUT2D eigenvalue weighted by molar-refractivity contribution is 5.13. The highest BCUT2D eigenvalue weighted by Crippen LogP contribution is 2.41. The van der Waals surface area contributed by atoms with Gasteiger partial charge in [0.1, 0.15) is 6.61 Å². The molecule has 2 aliphatic heterocycles. The van der Waals surface area contributed by atoms with E-state index in [0.717, 1.165) is 5.56 Å². The van der Waals surface area contributed by atoms with E-state index in [1.165, 1.54) is 0 Å². The second kappa shape index (κ2) is 7.78. The molecular weight excluding hydrogens is 348 g/mol. The lowest BCUT2D eigenvalue weighted by atomic mass is 9.98. The smallest absolute Gasteiger partial charge is 0.331 e. The summed E-state index contributed by atoms with van der Waals surface area (Å²) in [4.78, 5) is 0. The Bertz CT molecular complexity index is 611. The molecule has 3 unspecified atom stereocenters. The lowest BCUT2D eigenvalue weighted by molar-refractivity contribution is -0.340. The molecule has 1 aromatic carbocycles. The summed E-state index contributed by atoms with van der Waals surface area (Å²) in [6, 6.07) is 9.99. The molecule has 3 rings (SSSR count). The van der Waals surface area contributed by atoms with E-state index in [2.05, 4.69) is 20.8 Å². The van der Waals surface area contributed by atoms with Crippen molar-refractivity contribution in [1.29, 1.82) is 0 Å². The monoisotopic (exact) mass is 381 g/mol. The van der Waals surface area contributed by atoms with Crippen LogP contribution in [0.1, 0.15) is 40.2 Å². The quantitative estimate of drug-likeness (QED) is 0.766. The number of hydrogen-bond acceptors (Lipinski definition) is 5.